The summed E-state index contributed by atoms with van der Waals surface area (Å²) in [5.41, 5.74) is 6.07. The van der Waals surface area contributed by atoms with Gasteiger partial charge in [0.1, 0.15) is 0 Å². The molecule has 0 unspecified atom stereocenters. The van der Waals surface area contributed by atoms with Crippen LogP contribution in [0.4, 0.5) is 0 Å². The number of nitrogens with one attached hydrogen (secondary N) is 1. The van der Waals surface area contributed by atoms with E-state index in [4.69, 9.17) is 4.98 Å². The van der Waals surface area contributed by atoms with Crippen LogP contribution >= 0.6 is 0 Å². The molecule has 0 bridgehead atoms. The summed E-state index contributed by atoms with van der Waals surface area (Å²) < 4.78 is 0. The molecule has 132 valence electrons. The molecule has 4 nitrogen and oxygen atoms in total. The van der Waals surface area contributed by atoms with Crippen LogP contribution in [0.3, 0.4) is 0 Å². The highest BCUT2D eigenvalue weighted by atomic mass is 15.0. The molecule has 1 aliphatic heterocycles. The molecule has 4 rings (SSSR count). The fourth-order valence-electron chi connectivity index (χ4n) is 3.87. The number of piperidine rings is 1. The minimum Gasteiger partial charge on any atom is -0.300 e. The molecule has 1 N–H and O–H groups in total. The van der Waals surface area contributed by atoms with Crippen LogP contribution in [-0.4, -0.2) is 15.0 Å². The summed E-state index contributed by atoms with van der Waals surface area (Å²) in [6.07, 6.45) is 11.8. The van der Waals surface area contributed by atoms with Crippen molar-refractivity contribution in [2.24, 2.45) is 0 Å². The standard InChI is InChI=1S/C22H24N4/c1-16-6-3-12-24-21(16)19-9-2-10-20(26-19)22-18(8-5-13-25-22)14-17-7-4-11-23-15-17/h3-8,11-13,15,19-20,26H,2,9-10,14H2,1H3/t19-,20+/m0/s1. The van der Waals surface area contributed by atoms with Crippen LogP contribution in [0.2, 0.25) is 0 Å². The zero-order chi connectivity index (χ0) is 17.8. The van der Waals surface area contributed by atoms with E-state index >= 15 is 0 Å². The minimum absolute atomic E-state index is 0.267. The van der Waals surface area contributed by atoms with Gasteiger partial charge in [0.05, 0.1) is 23.5 Å². The Labute approximate surface area is 154 Å². The number of aryl methyl sites for hydroxylation is 1. The molecule has 1 saturated heterocycles. The summed E-state index contributed by atoms with van der Waals surface area (Å²) in [6.45, 7) is 2.14. The van der Waals surface area contributed by atoms with Gasteiger partial charge in [0, 0.05) is 31.2 Å². The van der Waals surface area contributed by atoms with Crippen LogP contribution in [-0.2, 0) is 6.42 Å². The second-order valence-corrected chi connectivity index (χ2v) is 6.99. The highest BCUT2D eigenvalue weighted by Crippen LogP contribution is 2.33. The number of hydrogen-bond acceptors (Lipinski definition) is 4. The first-order valence-electron chi connectivity index (χ1n) is 9.31. The lowest BCUT2D eigenvalue weighted by atomic mass is 9.90. The van der Waals surface area contributed by atoms with Gasteiger partial charge in [-0.05, 0) is 61.1 Å². The smallest absolute Gasteiger partial charge is 0.0608 e. The summed E-state index contributed by atoms with van der Waals surface area (Å²) in [4.78, 5) is 13.6. The monoisotopic (exact) mass is 344 g/mol. The maximum absolute atomic E-state index is 4.75. The predicted octanol–water partition coefficient (Wildman–Crippen LogP) is 4.33. The summed E-state index contributed by atoms with van der Waals surface area (Å²) in [5.74, 6) is 0. The third-order valence-corrected chi connectivity index (χ3v) is 5.14. The van der Waals surface area contributed by atoms with Crippen molar-refractivity contribution in [1.29, 1.82) is 0 Å². The SMILES string of the molecule is Cc1cccnc1[C@@H]1CCC[C@H](c2ncccc2Cc2cccnc2)N1. The van der Waals surface area contributed by atoms with E-state index in [1.807, 2.05) is 43.0 Å². The normalized spacial score (nSPS) is 20.0. The van der Waals surface area contributed by atoms with E-state index < -0.39 is 0 Å². The van der Waals surface area contributed by atoms with Crippen LogP contribution in [0.15, 0.2) is 61.2 Å². The number of nitrogens with zero attached hydrogens (tertiary/aromatic N) is 3. The highest BCUT2D eigenvalue weighted by Gasteiger charge is 2.27. The third kappa shape index (κ3) is 3.65. The first kappa shape index (κ1) is 16.9. The van der Waals surface area contributed by atoms with Gasteiger partial charge in [0.2, 0.25) is 0 Å². The Balaban J connectivity index is 1.58. The van der Waals surface area contributed by atoms with Gasteiger partial charge in [0.25, 0.3) is 0 Å². The van der Waals surface area contributed by atoms with Gasteiger partial charge in [0.15, 0.2) is 0 Å². The minimum atomic E-state index is 0.267. The predicted molar refractivity (Wildman–Crippen MR) is 103 cm³/mol. The Morgan fingerprint density at radius 3 is 2.42 bits per heavy atom. The average molecular weight is 344 g/mol. The molecule has 0 spiro atoms. The lowest BCUT2D eigenvalue weighted by Crippen LogP contribution is -2.33. The van der Waals surface area contributed by atoms with Crippen molar-refractivity contribution < 1.29 is 0 Å². The van der Waals surface area contributed by atoms with Crippen molar-refractivity contribution in [3.63, 3.8) is 0 Å². The summed E-state index contributed by atoms with van der Waals surface area (Å²) in [5, 5.41) is 3.81. The van der Waals surface area contributed by atoms with Crippen molar-refractivity contribution in [1.82, 2.24) is 20.3 Å². The molecule has 1 fully saturated rings. The van der Waals surface area contributed by atoms with E-state index in [0.29, 0.717) is 6.04 Å². The Kier molecular flexibility index (Phi) is 5.02. The van der Waals surface area contributed by atoms with E-state index in [1.54, 1.807) is 0 Å². The summed E-state index contributed by atoms with van der Waals surface area (Å²) in [7, 11) is 0. The van der Waals surface area contributed by atoms with Crippen LogP contribution < -0.4 is 5.32 Å². The van der Waals surface area contributed by atoms with Gasteiger partial charge in [-0.1, -0.05) is 18.2 Å². The lowest BCUT2D eigenvalue weighted by Gasteiger charge is -2.32. The lowest BCUT2D eigenvalue weighted by molar-refractivity contribution is 0.319. The van der Waals surface area contributed by atoms with Crippen molar-refractivity contribution in [2.75, 3.05) is 0 Å². The van der Waals surface area contributed by atoms with Crippen molar-refractivity contribution in [3.05, 3.63) is 89.3 Å². The largest absolute Gasteiger partial charge is 0.300 e. The molecule has 2 atom stereocenters. The maximum Gasteiger partial charge on any atom is 0.0608 e. The van der Waals surface area contributed by atoms with Gasteiger partial charge < -0.3 is 5.32 Å². The molecule has 3 aromatic heterocycles. The van der Waals surface area contributed by atoms with E-state index in [9.17, 15) is 0 Å². The maximum atomic E-state index is 4.75. The van der Waals surface area contributed by atoms with Crippen molar-refractivity contribution in [3.8, 4) is 0 Å². The second kappa shape index (κ2) is 7.75. The van der Waals surface area contributed by atoms with Crippen LogP contribution in [0.1, 0.15) is 59.4 Å². The zero-order valence-electron chi connectivity index (χ0n) is 15.1. The topological polar surface area (TPSA) is 50.7 Å². The third-order valence-electron chi connectivity index (χ3n) is 5.14. The molecule has 26 heavy (non-hydrogen) atoms. The zero-order valence-corrected chi connectivity index (χ0v) is 15.1. The van der Waals surface area contributed by atoms with Crippen molar-refractivity contribution >= 4 is 0 Å². The molecule has 0 saturated carbocycles. The van der Waals surface area contributed by atoms with Gasteiger partial charge in [-0.2, -0.15) is 0 Å². The first-order chi connectivity index (χ1) is 12.8. The molecule has 0 radical (unpaired) electrons. The molecule has 1 aliphatic rings. The van der Waals surface area contributed by atoms with Crippen LogP contribution in [0.5, 0.6) is 0 Å². The highest BCUT2D eigenvalue weighted by molar-refractivity contribution is 5.30. The van der Waals surface area contributed by atoms with Crippen LogP contribution in [0.25, 0.3) is 0 Å². The molecule has 0 aliphatic carbocycles. The number of rotatable bonds is 4. The first-order valence-corrected chi connectivity index (χ1v) is 9.31. The summed E-state index contributed by atoms with van der Waals surface area (Å²) in [6, 6.07) is 13.0. The van der Waals surface area contributed by atoms with E-state index in [0.717, 1.165) is 25.0 Å². The molecular weight excluding hydrogens is 320 g/mol. The number of pyridine rings is 3. The second-order valence-electron chi connectivity index (χ2n) is 6.99. The fraction of sp³-hybridized carbons (Fsp3) is 0.318. The van der Waals surface area contributed by atoms with E-state index in [1.165, 1.54) is 28.8 Å². The van der Waals surface area contributed by atoms with Gasteiger partial charge in [-0.3, -0.25) is 15.0 Å². The Morgan fingerprint density at radius 2 is 1.65 bits per heavy atom. The molecule has 4 heteroatoms. The quantitative estimate of drug-likeness (QED) is 0.765. The van der Waals surface area contributed by atoms with Gasteiger partial charge in [-0.25, -0.2) is 0 Å². The van der Waals surface area contributed by atoms with Crippen LogP contribution in [0, 0.1) is 6.92 Å². The average Bonchev–Trinajstić information content (AvgIpc) is 2.70. The van der Waals surface area contributed by atoms with Crippen molar-refractivity contribution in [2.45, 2.75) is 44.7 Å². The molecule has 4 heterocycles. The fourth-order valence-corrected chi connectivity index (χ4v) is 3.87. The molecular formula is C22H24N4. The Hall–Kier alpha value is -2.59. The molecule has 0 aromatic carbocycles. The molecule has 3 aromatic rings. The Morgan fingerprint density at radius 1 is 0.923 bits per heavy atom. The van der Waals surface area contributed by atoms with Gasteiger partial charge in [-0.15, -0.1) is 0 Å². The van der Waals surface area contributed by atoms with E-state index in [2.05, 4.69) is 40.4 Å². The number of aromatic nitrogens is 3. The molecule has 0 amide bonds. The summed E-state index contributed by atoms with van der Waals surface area (Å²) >= 11 is 0. The van der Waals surface area contributed by atoms with Gasteiger partial charge >= 0.3 is 0 Å². The Bertz CT molecular complexity index is 863. The number of hydrogen-bond donors (Lipinski definition) is 1. The van der Waals surface area contributed by atoms with E-state index in [-0.39, 0.29) is 6.04 Å².